The number of fused-ring (bicyclic) bond motifs is 4. The van der Waals surface area contributed by atoms with E-state index in [1.807, 2.05) is 6.92 Å². The Bertz CT molecular complexity index is 1760. The van der Waals surface area contributed by atoms with Gasteiger partial charge in [-0.25, -0.2) is 4.79 Å². The largest absolute Gasteiger partial charge is 0.507 e. The number of phenols is 1. The summed E-state index contributed by atoms with van der Waals surface area (Å²) in [7, 11) is 2.75. The molecule has 0 radical (unpaired) electrons. The molecule has 2 heterocycles. The highest BCUT2D eigenvalue weighted by molar-refractivity contribution is 6.31. The molecule has 192 valence electrons. The molecule has 1 saturated heterocycles. The number of carbonyl (C=O) groups is 3. The number of methoxy groups -OCH3 is 2. The zero-order valence-corrected chi connectivity index (χ0v) is 21.2. The Morgan fingerprint density at radius 1 is 1.05 bits per heavy atom. The number of hydrogen-bond acceptors (Lipinski definition) is 8. The Morgan fingerprint density at radius 3 is 2.38 bits per heavy atom. The summed E-state index contributed by atoms with van der Waals surface area (Å²) in [6, 6.07) is 7.29. The molecule has 0 unspecified atom stereocenters. The number of esters is 1. The van der Waals surface area contributed by atoms with Crippen LogP contribution in [0.4, 0.5) is 5.69 Å². The summed E-state index contributed by atoms with van der Waals surface area (Å²) >= 11 is 0. The van der Waals surface area contributed by atoms with Gasteiger partial charge in [-0.3, -0.25) is 9.59 Å². The van der Waals surface area contributed by atoms with Crippen LogP contribution >= 0.6 is 0 Å². The molecule has 5 atom stereocenters. The number of benzene rings is 2. The number of ketones is 2. The Hall–Kier alpha value is -4.79. The van der Waals surface area contributed by atoms with Crippen LogP contribution in [0.5, 0.6) is 5.75 Å². The second-order valence-electron chi connectivity index (χ2n) is 10.0. The van der Waals surface area contributed by atoms with E-state index in [0.29, 0.717) is 11.3 Å². The Kier molecular flexibility index (Phi) is 4.56. The van der Waals surface area contributed by atoms with Crippen molar-refractivity contribution in [3.05, 3.63) is 81.6 Å². The third kappa shape index (κ3) is 2.57. The van der Waals surface area contributed by atoms with Crippen molar-refractivity contribution < 1.29 is 33.7 Å². The van der Waals surface area contributed by atoms with Crippen LogP contribution < -0.4 is 5.32 Å². The number of phenolic OH excluding ortho intramolecular Hbond substituents is 1. The van der Waals surface area contributed by atoms with E-state index in [0.717, 1.165) is 0 Å². The molecule has 2 N–H and O–H groups in total. The molecule has 0 aromatic heterocycles. The molecule has 4 bridgehead atoms. The van der Waals surface area contributed by atoms with Crippen LogP contribution in [0.1, 0.15) is 44.3 Å². The number of carbonyl (C=O) groups excluding carboxylic acids is 3. The van der Waals surface area contributed by atoms with Gasteiger partial charge in [-0.2, -0.15) is 0 Å². The zero-order valence-electron chi connectivity index (χ0n) is 21.2. The van der Waals surface area contributed by atoms with Gasteiger partial charge in [-0.15, -0.1) is 0 Å². The molecular formula is C31H21NO7. The third-order valence-corrected chi connectivity index (χ3v) is 8.50. The molecule has 1 fully saturated rings. The van der Waals surface area contributed by atoms with Gasteiger partial charge < -0.3 is 24.6 Å². The normalized spacial score (nSPS) is 30.9. The minimum atomic E-state index is -1.24. The Morgan fingerprint density at radius 2 is 1.72 bits per heavy atom. The summed E-state index contributed by atoms with van der Waals surface area (Å²) in [5, 5.41) is 14.6. The molecule has 0 saturated carbocycles. The lowest BCUT2D eigenvalue weighted by Gasteiger charge is -2.43. The van der Waals surface area contributed by atoms with E-state index >= 15 is 0 Å². The maximum atomic E-state index is 13.9. The van der Waals surface area contributed by atoms with E-state index in [-0.39, 0.29) is 39.3 Å². The van der Waals surface area contributed by atoms with E-state index in [1.54, 1.807) is 36.4 Å². The summed E-state index contributed by atoms with van der Waals surface area (Å²) in [4.78, 5) is 40.4. The van der Waals surface area contributed by atoms with Gasteiger partial charge in [0.05, 0.1) is 36.6 Å². The monoisotopic (exact) mass is 519 g/mol. The average molecular weight is 520 g/mol. The number of allylic oxidation sites excluding steroid dienone is 2. The fourth-order valence-electron chi connectivity index (χ4n) is 6.89. The van der Waals surface area contributed by atoms with Crippen LogP contribution in [0.3, 0.4) is 0 Å². The van der Waals surface area contributed by atoms with Gasteiger partial charge in [0, 0.05) is 22.6 Å². The molecule has 39 heavy (non-hydrogen) atoms. The SMILES string of the molecule is COC(=O)C1=C(OC)[C@H]2C#C/C=C\C#C[C@@H]3Nc4c(cc(O)c5c4C(=O)c4ccccc4C5=O)[C@]24O[C@@]34[C@H]1C. The summed E-state index contributed by atoms with van der Waals surface area (Å²) in [6.45, 7) is 1.84. The molecule has 5 aliphatic rings. The first-order valence-electron chi connectivity index (χ1n) is 12.4. The maximum absolute atomic E-state index is 13.9. The Labute approximate surface area is 223 Å². The summed E-state index contributed by atoms with van der Waals surface area (Å²) < 4.78 is 17.6. The lowest BCUT2D eigenvalue weighted by Crippen LogP contribution is -2.55. The van der Waals surface area contributed by atoms with E-state index in [9.17, 15) is 19.5 Å². The third-order valence-electron chi connectivity index (χ3n) is 8.50. The number of rotatable bonds is 2. The van der Waals surface area contributed by atoms with Crippen LogP contribution in [-0.4, -0.2) is 48.5 Å². The Balaban J connectivity index is 1.58. The molecular weight excluding hydrogens is 498 g/mol. The van der Waals surface area contributed by atoms with Crippen LogP contribution in [0.25, 0.3) is 0 Å². The van der Waals surface area contributed by atoms with Gasteiger partial charge in [0.2, 0.25) is 0 Å². The molecule has 2 aliphatic heterocycles. The minimum Gasteiger partial charge on any atom is -0.507 e. The number of epoxide rings is 1. The van der Waals surface area contributed by atoms with Crippen molar-refractivity contribution in [1.29, 1.82) is 0 Å². The molecule has 2 aromatic rings. The maximum Gasteiger partial charge on any atom is 0.337 e. The van der Waals surface area contributed by atoms with E-state index in [4.69, 9.17) is 14.2 Å². The second-order valence-corrected chi connectivity index (χ2v) is 10.0. The number of hydrogen-bond donors (Lipinski definition) is 2. The zero-order chi connectivity index (χ0) is 27.3. The van der Waals surface area contributed by atoms with Crippen molar-refractivity contribution >= 4 is 23.2 Å². The molecule has 8 nitrogen and oxygen atoms in total. The van der Waals surface area contributed by atoms with Gasteiger partial charge in [0.25, 0.3) is 0 Å². The smallest absolute Gasteiger partial charge is 0.337 e. The molecule has 8 heteroatoms. The second kappa shape index (κ2) is 7.63. The summed E-state index contributed by atoms with van der Waals surface area (Å²) in [5.41, 5.74) is -0.781. The highest BCUT2D eigenvalue weighted by atomic mass is 16.6. The first-order valence-corrected chi connectivity index (χ1v) is 12.4. The molecule has 2 aromatic carbocycles. The fraction of sp³-hybridized carbons (Fsp3) is 0.258. The first-order chi connectivity index (χ1) is 18.8. The van der Waals surface area contributed by atoms with Gasteiger partial charge in [-0.05, 0) is 18.2 Å². The minimum absolute atomic E-state index is 0.0626. The van der Waals surface area contributed by atoms with Crippen molar-refractivity contribution in [3.8, 4) is 29.4 Å². The lowest BCUT2D eigenvalue weighted by molar-refractivity contribution is -0.137. The van der Waals surface area contributed by atoms with Crippen molar-refractivity contribution in [3.63, 3.8) is 0 Å². The number of nitrogens with one attached hydrogen (secondary N) is 1. The van der Waals surface area contributed by atoms with Gasteiger partial charge in [0.1, 0.15) is 34.7 Å². The highest BCUT2D eigenvalue weighted by Crippen LogP contribution is 2.74. The van der Waals surface area contributed by atoms with Gasteiger partial charge >= 0.3 is 5.97 Å². The molecule has 0 amide bonds. The van der Waals surface area contributed by atoms with E-state index in [2.05, 4.69) is 29.0 Å². The van der Waals surface area contributed by atoms with Crippen LogP contribution in [0, 0.1) is 35.5 Å². The fourth-order valence-corrected chi connectivity index (χ4v) is 6.89. The van der Waals surface area contributed by atoms with Crippen molar-refractivity contribution in [1.82, 2.24) is 0 Å². The standard InChI is InChI=1S/C31H21NO7/c1-15-22(29(36)38-3)28(37-2)18-12-6-4-5-7-13-21-30(15)31(18,39-30)19-14-20(33)23-24(25(19)32-21)27(35)17-11-9-8-10-16(17)26(23)34/h4-5,8-11,14-15,18,21,32-33H,1-3H3/b5-4-/t15-,18+,21-,30-,31+/m0/s1. The molecule has 7 rings (SSSR count). The quantitative estimate of drug-likeness (QED) is 0.230. The predicted molar refractivity (Wildman–Crippen MR) is 138 cm³/mol. The average Bonchev–Trinajstić information content (AvgIpc) is 3.67. The van der Waals surface area contributed by atoms with Gasteiger partial charge in [-0.1, -0.05) is 54.9 Å². The highest BCUT2D eigenvalue weighted by Gasteiger charge is 2.85. The van der Waals surface area contributed by atoms with E-state index in [1.165, 1.54) is 20.3 Å². The number of anilines is 1. The van der Waals surface area contributed by atoms with Crippen LogP contribution in [-0.2, 0) is 24.6 Å². The van der Waals surface area contributed by atoms with Gasteiger partial charge in [0.15, 0.2) is 11.6 Å². The summed E-state index contributed by atoms with van der Waals surface area (Å²) in [5.74, 6) is 9.48. The first kappa shape index (κ1) is 23.3. The topological polar surface area (TPSA) is 114 Å². The number of ether oxygens (including phenoxy) is 3. The molecule has 3 aliphatic carbocycles. The van der Waals surface area contributed by atoms with Crippen molar-refractivity contribution in [2.24, 2.45) is 11.8 Å². The number of aromatic hydroxyl groups is 1. The summed E-state index contributed by atoms with van der Waals surface area (Å²) in [6.07, 6.45) is 3.22. The lowest BCUT2D eigenvalue weighted by atomic mass is 9.59. The van der Waals surface area contributed by atoms with Crippen LogP contribution in [0.15, 0.2) is 53.8 Å². The van der Waals surface area contributed by atoms with Crippen molar-refractivity contribution in [2.75, 3.05) is 19.5 Å². The van der Waals surface area contributed by atoms with E-state index < -0.39 is 46.6 Å². The van der Waals surface area contributed by atoms with Crippen LogP contribution in [0.2, 0.25) is 0 Å². The van der Waals surface area contributed by atoms with Crippen molar-refractivity contribution in [2.45, 2.75) is 24.2 Å². The predicted octanol–water partition coefficient (Wildman–Crippen LogP) is 2.84. The molecule has 0 spiro atoms.